The van der Waals surface area contributed by atoms with Crippen LogP contribution in [-0.4, -0.2) is 41.3 Å². The van der Waals surface area contributed by atoms with Crippen molar-refractivity contribution in [2.75, 3.05) is 0 Å². The number of esters is 1. The van der Waals surface area contributed by atoms with Crippen molar-refractivity contribution in [2.24, 2.45) is 0 Å². The van der Waals surface area contributed by atoms with Gasteiger partial charge in [-0.25, -0.2) is 4.79 Å². The fraction of sp³-hybridized carbons (Fsp3) is 0.500. The molecule has 0 aliphatic carbocycles. The molecule has 0 aliphatic rings. The third-order valence-corrected chi connectivity index (χ3v) is 2.83. The van der Waals surface area contributed by atoms with Gasteiger partial charge in [0.15, 0.2) is 6.10 Å². The van der Waals surface area contributed by atoms with Gasteiger partial charge in [0.2, 0.25) is 0 Å². The number of alkyl halides is 3. The topological polar surface area (TPSA) is 101 Å². The van der Waals surface area contributed by atoms with Crippen LogP contribution in [-0.2, 0) is 26.1 Å². The molecular formula is C14H19F3O6S. The molecule has 138 valence electrons. The lowest BCUT2D eigenvalue weighted by Gasteiger charge is -2.21. The molecule has 0 aromatic heterocycles. The second-order valence-electron chi connectivity index (χ2n) is 5.66. The van der Waals surface area contributed by atoms with Crippen molar-refractivity contribution in [1.82, 2.24) is 0 Å². The van der Waals surface area contributed by atoms with Crippen molar-refractivity contribution in [3.05, 3.63) is 35.9 Å². The van der Waals surface area contributed by atoms with Crippen LogP contribution in [0.4, 0.5) is 13.2 Å². The largest absolute Gasteiger partial charge is 0.522 e. The molecule has 0 radical (unpaired) electrons. The molecule has 0 saturated carbocycles. The van der Waals surface area contributed by atoms with E-state index in [-0.39, 0.29) is 6.42 Å². The summed E-state index contributed by atoms with van der Waals surface area (Å²) >= 11 is 0. The van der Waals surface area contributed by atoms with Crippen LogP contribution < -0.4 is 0 Å². The molecule has 0 fully saturated rings. The van der Waals surface area contributed by atoms with Crippen molar-refractivity contribution in [1.29, 1.82) is 0 Å². The SMILES string of the molecule is CC(C)(C)OC(=O)C(O)Cc1ccccc1.O=S(=O)(O)C(F)(F)F. The molecule has 1 atom stereocenters. The number of aliphatic hydroxyl groups is 1. The Labute approximate surface area is 138 Å². The Balaban J connectivity index is 0.000000561. The van der Waals surface area contributed by atoms with Gasteiger partial charge in [0.1, 0.15) is 5.60 Å². The van der Waals surface area contributed by atoms with E-state index in [9.17, 15) is 23.1 Å². The maximum absolute atomic E-state index is 11.5. The average Bonchev–Trinajstić information content (AvgIpc) is 2.36. The number of hydrogen-bond acceptors (Lipinski definition) is 5. The van der Waals surface area contributed by atoms with Crippen LogP contribution in [0, 0.1) is 0 Å². The maximum atomic E-state index is 11.5. The standard InChI is InChI=1S/C13H18O3.CHF3O3S/c1-13(2,3)16-12(15)11(14)9-10-7-5-4-6-8-10;2-1(3,4)8(5,6)7/h4-8,11,14H,9H2,1-3H3;(H,5,6,7). The van der Waals surface area contributed by atoms with E-state index in [1.165, 1.54) is 0 Å². The summed E-state index contributed by atoms with van der Waals surface area (Å²) in [6, 6.07) is 9.37. The van der Waals surface area contributed by atoms with Gasteiger partial charge in [0, 0.05) is 6.42 Å². The minimum absolute atomic E-state index is 0.287. The van der Waals surface area contributed by atoms with Crippen LogP contribution >= 0.6 is 0 Å². The van der Waals surface area contributed by atoms with E-state index in [0.717, 1.165) is 5.56 Å². The van der Waals surface area contributed by atoms with E-state index in [4.69, 9.17) is 17.7 Å². The first-order valence-corrected chi connectivity index (χ1v) is 8.06. The predicted molar refractivity (Wildman–Crippen MR) is 79.6 cm³/mol. The van der Waals surface area contributed by atoms with Crippen molar-refractivity contribution < 1.29 is 40.8 Å². The Morgan fingerprint density at radius 3 is 1.92 bits per heavy atom. The molecule has 1 rings (SSSR count). The zero-order chi connectivity index (χ0) is 19.2. The van der Waals surface area contributed by atoms with Gasteiger partial charge in [-0.2, -0.15) is 21.6 Å². The summed E-state index contributed by atoms with van der Waals surface area (Å²) in [5.41, 5.74) is -5.18. The van der Waals surface area contributed by atoms with Gasteiger partial charge < -0.3 is 9.84 Å². The maximum Gasteiger partial charge on any atom is 0.522 e. The highest BCUT2D eigenvalue weighted by molar-refractivity contribution is 7.86. The number of rotatable bonds is 3. The molecule has 1 unspecified atom stereocenters. The second-order valence-corrected chi connectivity index (χ2v) is 7.07. The van der Waals surface area contributed by atoms with Gasteiger partial charge in [-0.15, -0.1) is 0 Å². The lowest BCUT2D eigenvalue weighted by molar-refractivity contribution is -0.164. The number of aliphatic hydroxyl groups excluding tert-OH is 1. The van der Waals surface area contributed by atoms with Gasteiger partial charge in [0.05, 0.1) is 0 Å². The summed E-state index contributed by atoms with van der Waals surface area (Å²) in [4.78, 5) is 11.5. The van der Waals surface area contributed by atoms with Gasteiger partial charge in [-0.05, 0) is 26.3 Å². The Morgan fingerprint density at radius 2 is 1.58 bits per heavy atom. The molecule has 0 amide bonds. The van der Waals surface area contributed by atoms with Crippen molar-refractivity contribution in [3.63, 3.8) is 0 Å². The van der Waals surface area contributed by atoms with Crippen LogP contribution in [0.2, 0.25) is 0 Å². The van der Waals surface area contributed by atoms with E-state index < -0.39 is 33.3 Å². The fourth-order valence-electron chi connectivity index (χ4n) is 1.29. The van der Waals surface area contributed by atoms with E-state index in [2.05, 4.69) is 0 Å². The molecule has 0 aliphatic heterocycles. The zero-order valence-electron chi connectivity index (χ0n) is 13.2. The number of halogens is 3. The minimum atomic E-state index is -5.84. The molecule has 2 N–H and O–H groups in total. The molecule has 0 spiro atoms. The molecule has 0 bridgehead atoms. The van der Waals surface area contributed by atoms with Crippen LogP contribution in [0.5, 0.6) is 0 Å². The Morgan fingerprint density at radius 1 is 1.17 bits per heavy atom. The van der Waals surface area contributed by atoms with Crippen LogP contribution in [0.15, 0.2) is 30.3 Å². The number of ether oxygens (including phenoxy) is 1. The molecular weight excluding hydrogens is 353 g/mol. The van der Waals surface area contributed by atoms with Crippen molar-refractivity contribution in [2.45, 2.75) is 44.4 Å². The first kappa shape index (κ1) is 22.4. The van der Waals surface area contributed by atoms with Gasteiger partial charge >= 0.3 is 21.6 Å². The Hall–Kier alpha value is -1.65. The summed E-state index contributed by atoms with van der Waals surface area (Å²) in [5, 5.41) is 9.66. The van der Waals surface area contributed by atoms with Crippen LogP contribution in [0.1, 0.15) is 26.3 Å². The second kappa shape index (κ2) is 8.45. The van der Waals surface area contributed by atoms with Crippen LogP contribution in [0.3, 0.4) is 0 Å². The first-order chi connectivity index (χ1) is 10.6. The van der Waals surface area contributed by atoms with Gasteiger partial charge in [-0.1, -0.05) is 30.3 Å². The molecule has 1 aromatic rings. The highest BCUT2D eigenvalue weighted by Crippen LogP contribution is 2.20. The summed E-state index contributed by atoms with van der Waals surface area (Å²) in [5.74, 6) is -0.573. The Kier molecular flexibility index (Phi) is 7.87. The third kappa shape index (κ3) is 9.48. The summed E-state index contributed by atoms with van der Waals surface area (Å²) in [6.45, 7) is 5.33. The highest BCUT2D eigenvalue weighted by Gasteiger charge is 2.44. The fourth-order valence-corrected chi connectivity index (χ4v) is 1.29. The summed E-state index contributed by atoms with van der Waals surface area (Å²) in [6.07, 6.45) is -0.808. The molecule has 1 aromatic carbocycles. The van der Waals surface area contributed by atoms with E-state index in [1.54, 1.807) is 20.8 Å². The summed E-state index contributed by atoms with van der Waals surface area (Å²) in [7, 11) is -5.84. The average molecular weight is 372 g/mol. The van der Waals surface area contributed by atoms with Crippen molar-refractivity contribution >= 4 is 16.1 Å². The number of carbonyl (C=O) groups is 1. The number of hydrogen-bond donors (Lipinski definition) is 2. The number of carbonyl (C=O) groups excluding carboxylic acids is 1. The third-order valence-electron chi connectivity index (χ3n) is 2.24. The summed E-state index contributed by atoms with van der Waals surface area (Å²) < 4.78 is 62.6. The van der Waals surface area contributed by atoms with E-state index in [1.807, 2.05) is 30.3 Å². The van der Waals surface area contributed by atoms with Crippen LogP contribution in [0.25, 0.3) is 0 Å². The lowest BCUT2D eigenvalue weighted by atomic mass is 10.1. The zero-order valence-corrected chi connectivity index (χ0v) is 14.1. The lowest BCUT2D eigenvalue weighted by Crippen LogP contribution is -2.32. The number of benzene rings is 1. The quantitative estimate of drug-likeness (QED) is 0.480. The Bertz CT molecular complexity index is 620. The monoisotopic (exact) mass is 372 g/mol. The molecule has 0 saturated heterocycles. The molecule has 0 heterocycles. The van der Waals surface area contributed by atoms with Gasteiger partial charge in [-0.3, -0.25) is 4.55 Å². The van der Waals surface area contributed by atoms with Crippen molar-refractivity contribution in [3.8, 4) is 0 Å². The normalized spacial score (nSPS) is 13.5. The van der Waals surface area contributed by atoms with E-state index in [0.29, 0.717) is 0 Å². The predicted octanol–water partition coefficient (Wildman–Crippen LogP) is 2.33. The minimum Gasteiger partial charge on any atom is -0.458 e. The smallest absolute Gasteiger partial charge is 0.458 e. The van der Waals surface area contributed by atoms with Gasteiger partial charge in [0.25, 0.3) is 0 Å². The highest BCUT2D eigenvalue weighted by atomic mass is 32.2. The molecule has 6 nitrogen and oxygen atoms in total. The first-order valence-electron chi connectivity index (χ1n) is 6.62. The molecule has 10 heteroatoms. The molecule has 24 heavy (non-hydrogen) atoms. The van der Waals surface area contributed by atoms with E-state index >= 15 is 0 Å².